The van der Waals surface area contributed by atoms with Crippen molar-refractivity contribution in [3.05, 3.63) is 27.8 Å². The average Bonchev–Trinajstić information content (AvgIpc) is 2.77. The first-order valence-corrected chi connectivity index (χ1v) is 6.94. The van der Waals surface area contributed by atoms with E-state index in [4.69, 9.17) is 0 Å². The van der Waals surface area contributed by atoms with E-state index in [1.165, 1.54) is 6.07 Å². The molecule has 2 N–H and O–H groups in total. The van der Waals surface area contributed by atoms with E-state index < -0.39 is 10.5 Å². The monoisotopic (exact) mass is 291 g/mol. The minimum atomic E-state index is -0.840. The van der Waals surface area contributed by atoms with Crippen LogP contribution in [-0.2, 0) is 11.2 Å². The van der Waals surface area contributed by atoms with Gasteiger partial charge in [-0.25, -0.2) is 0 Å². The van der Waals surface area contributed by atoms with E-state index in [0.29, 0.717) is 43.7 Å². The fraction of sp³-hybridized carbons (Fsp3) is 0.500. The molecule has 2 aliphatic heterocycles. The molecule has 112 valence electrons. The molecule has 0 aromatic heterocycles. The molecule has 21 heavy (non-hydrogen) atoms. The maximum Gasteiger partial charge on any atom is 0.292 e. The molecule has 1 atom stereocenters. The second-order valence-electron chi connectivity index (χ2n) is 5.97. The third-order valence-corrected chi connectivity index (χ3v) is 4.09. The van der Waals surface area contributed by atoms with Crippen LogP contribution in [0.25, 0.3) is 0 Å². The Labute approximate surface area is 121 Å². The van der Waals surface area contributed by atoms with Crippen molar-refractivity contribution in [3.63, 3.8) is 0 Å². The molecule has 1 amide bonds. The molecule has 0 saturated carbocycles. The van der Waals surface area contributed by atoms with Crippen LogP contribution in [0.4, 0.5) is 17.1 Å². The Hall–Kier alpha value is -2.15. The maximum absolute atomic E-state index is 11.5. The third-order valence-electron chi connectivity index (χ3n) is 4.09. The van der Waals surface area contributed by atoms with Crippen LogP contribution in [0.2, 0.25) is 0 Å². The van der Waals surface area contributed by atoms with Crippen molar-refractivity contribution in [2.45, 2.75) is 31.8 Å². The molecule has 1 fully saturated rings. The van der Waals surface area contributed by atoms with Gasteiger partial charge >= 0.3 is 0 Å². The summed E-state index contributed by atoms with van der Waals surface area (Å²) in [6.07, 6.45) is 1.43. The highest BCUT2D eigenvalue weighted by Crippen LogP contribution is 2.38. The Kier molecular flexibility index (Phi) is 3.09. The Balaban J connectivity index is 2.04. The van der Waals surface area contributed by atoms with Crippen molar-refractivity contribution >= 4 is 23.0 Å². The first-order chi connectivity index (χ1) is 9.85. The number of nitrogens with zero attached hydrogens (tertiary/aromatic N) is 2. The molecule has 0 radical (unpaired) electrons. The number of amides is 1. The summed E-state index contributed by atoms with van der Waals surface area (Å²) in [6.45, 7) is 2.63. The highest BCUT2D eigenvalue weighted by atomic mass is 16.6. The van der Waals surface area contributed by atoms with Gasteiger partial charge in [0.15, 0.2) is 0 Å². The molecule has 0 spiro atoms. The second-order valence-corrected chi connectivity index (χ2v) is 5.97. The van der Waals surface area contributed by atoms with Gasteiger partial charge in [-0.3, -0.25) is 14.9 Å². The van der Waals surface area contributed by atoms with Crippen molar-refractivity contribution in [2.24, 2.45) is 0 Å². The number of nitrogens with one attached hydrogen (secondary N) is 1. The lowest BCUT2D eigenvalue weighted by molar-refractivity contribution is -0.384. The van der Waals surface area contributed by atoms with E-state index in [-0.39, 0.29) is 11.6 Å². The number of fused-ring (bicyclic) bond motifs is 1. The van der Waals surface area contributed by atoms with E-state index >= 15 is 0 Å². The molecule has 2 heterocycles. The van der Waals surface area contributed by atoms with Crippen LogP contribution in [0, 0.1) is 10.1 Å². The standard InChI is InChI=1S/C14H17N3O4/c1-14(19)4-5-16(8-14)11-7-10-9(2-3-13(18)15-10)6-12(11)17(20)21/h6-7,19H,2-5,8H2,1H3,(H,15,18). The van der Waals surface area contributed by atoms with Crippen LogP contribution in [0.5, 0.6) is 0 Å². The van der Waals surface area contributed by atoms with Gasteiger partial charge in [-0.05, 0) is 31.4 Å². The highest BCUT2D eigenvalue weighted by Gasteiger charge is 2.35. The molecular formula is C14H17N3O4. The molecule has 7 heteroatoms. The van der Waals surface area contributed by atoms with Gasteiger partial charge < -0.3 is 15.3 Å². The summed E-state index contributed by atoms with van der Waals surface area (Å²) in [6, 6.07) is 3.20. The molecular weight excluding hydrogens is 274 g/mol. The molecule has 1 aromatic rings. The van der Waals surface area contributed by atoms with Gasteiger partial charge in [-0.1, -0.05) is 0 Å². The fourth-order valence-corrected chi connectivity index (χ4v) is 2.95. The lowest BCUT2D eigenvalue weighted by Gasteiger charge is -2.24. The van der Waals surface area contributed by atoms with Gasteiger partial charge in [0.05, 0.1) is 10.5 Å². The SMILES string of the molecule is CC1(O)CCN(c2cc3c(cc2[N+](=O)[O-])CCC(=O)N3)C1. The zero-order chi connectivity index (χ0) is 15.2. The molecule has 1 unspecified atom stereocenters. The Morgan fingerprint density at radius 2 is 2.19 bits per heavy atom. The number of rotatable bonds is 2. The predicted octanol–water partition coefficient (Wildman–Crippen LogP) is 1.44. The number of carbonyl (C=O) groups is 1. The number of nitro groups is 1. The van der Waals surface area contributed by atoms with Crippen molar-refractivity contribution in [1.29, 1.82) is 0 Å². The Morgan fingerprint density at radius 3 is 2.81 bits per heavy atom. The van der Waals surface area contributed by atoms with Crippen LogP contribution < -0.4 is 10.2 Å². The van der Waals surface area contributed by atoms with E-state index in [2.05, 4.69) is 5.32 Å². The van der Waals surface area contributed by atoms with Gasteiger partial charge in [0.2, 0.25) is 5.91 Å². The van der Waals surface area contributed by atoms with Crippen LogP contribution >= 0.6 is 0 Å². The van der Waals surface area contributed by atoms with Crippen molar-refractivity contribution in [3.8, 4) is 0 Å². The number of hydrogen-bond acceptors (Lipinski definition) is 5. The topological polar surface area (TPSA) is 95.7 Å². The summed E-state index contributed by atoms with van der Waals surface area (Å²) in [5.41, 5.74) is 1.07. The number of anilines is 2. The summed E-state index contributed by atoms with van der Waals surface area (Å²) in [5.74, 6) is -0.0734. The Morgan fingerprint density at radius 1 is 1.43 bits per heavy atom. The molecule has 1 aromatic carbocycles. The lowest BCUT2D eigenvalue weighted by Crippen LogP contribution is -2.30. The average molecular weight is 291 g/mol. The minimum absolute atomic E-state index is 0.0302. The summed E-state index contributed by atoms with van der Waals surface area (Å²) in [5, 5.41) is 24.1. The number of hydrogen-bond donors (Lipinski definition) is 2. The van der Waals surface area contributed by atoms with E-state index in [1.54, 1.807) is 17.9 Å². The number of benzene rings is 1. The van der Waals surface area contributed by atoms with Gasteiger partial charge in [-0.15, -0.1) is 0 Å². The van der Waals surface area contributed by atoms with Gasteiger partial charge in [-0.2, -0.15) is 0 Å². The molecule has 0 bridgehead atoms. The van der Waals surface area contributed by atoms with E-state index in [0.717, 1.165) is 5.56 Å². The van der Waals surface area contributed by atoms with Crippen molar-refractivity contribution in [2.75, 3.05) is 23.3 Å². The molecule has 3 rings (SSSR count). The largest absolute Gasteiger partial charge is 0.388 e. The number of nitro benzene ring substituents is 1. The van der Waals surface area contributed by atoms with Crippen LogP contribution in [0.3, 0.4) is 0 Å². The quantitative estimate of drug-likeness (QED) is 0.635. The van der Waals surface area contributed by atoms with E-state index in [9.17, 15) is 20.0 Å². The summed E-state index contributed by atoms with van der Waals surface area (Å²) in [7, 11) is 0. The number of aliphatic hydroxyl groups is 1. The fourth-order valence-electron chi connectivity index (χ4n) is 2.95. The first-order valence-electron chi connectivity index (χ1n) is 6.94. The number of β-amino-alcohol motifs (C(OH)–C–C–N with tert-alkyl or cyclic N) is 1. The van der Waals surface area contributed by atoms with Crippen LogP contribution in [-0.4, -0.2) is 34.6 Å². The summed E-state index contributed by atoms with van der Waals surface area (Å²) < 4.78 is 0. The summed E-state index contributed by atoms with van der Waals surface area (Å²) in [4.78, 5) is 24.2. The number of carbonyl (C=O) groups excluding carboxylic acids is 1. The highest BCUT2D eigenvalue weighted by molar-refractivity contribution is 5.95. The normalized spacial score (nSPS) is 24.7. The molecule has 1 saturated heterocycles. The smallest absolute Gasteiger partial charge is 0.292 e. The predicted molar refractivity (Wildman–Crippen MR) is 77.5 cm³/mol. The van der Waals surface area contributed by atoms with Crippen LogP contribution in [0.15, 0.2) is 12.1 Å². The lowest BCUT2D eigenvalue weighted by atomic mass is 10.0. The molecule has 7 nitrogen and oxygen atoms in total. The molecule has 2 aliphatic rings. The van der Waals surface area contributed by atoms with Crippen LogP contribution in [0.1, 0.15) is 25.3 Å². The minimum Gasteiger partial charge on any atom is -0.388 e. The molecule has 0 aliphatic carbocycles. The number of aryl methyl sites for hydroxylation is 1. The van der Waals surface area contributed by atoms with Crippen molar-refractivity contribution in [1.82, 2.24) is 0 Å². The second kappa shape index (κ2) is 4.70. The van der Waals surface area contributed by atoms with Gasteiger partial charge in [0.1, 0.15) is 5.69 Å². The van der Waals surface area contributed by atoms with Gasteiger partial charge in [0.25, 0.3) is 5.69 Å². The third kappa shape index (κ3) is 2.56. The zero-order valence-corrected chi connectivity index (χ0v) is 11.8. The van der Waals surface area contributed by atoms with E-state index in [1.807, 2.05) is 0 Å². The summed E-state index contributed by atoms with van der Waals surface area (Å²) >= 11 is 0. The van der Waals surface area contributed by atoms with Crippen molar-refractivity contribution < 1.29 is 14.8 Å². The maximum atomic E-state index is 11.5. The first kappa shape index (κ1) is 13.8. The Bertz CT molecular complexity index is 627. The zero-order valence-electron chi connectivity index (χ0n) is 11.8. The van der Waals surface area contributed by atoms with Gasteiger partial charge in [0, 0.05) is 31.3 Å².